The predicted octanol–water partition coefficient (Wildman–Crippen LogP) is 0.294. The van der Waals surface area contributed by atoms with Gasteiger partial charge in [0.15, 0.2) is 0 Å². The number of aliphatic hydroxyl groups is 1. The molecule has 6 heteroatoms. The van der Waals surface area contributed by atoms with Crippen LogP contribution in [0.5, 0.6) is 0 Å². The van der Waals surface area contributed by atoms with Crippen molar-refractivity contribution < 1.29 is 9.84 Å². The molecule has 0 unspecified atom stereocenters. The molecule has 3 N–H and O–H groups in total. The second-order valence-electron chi connectivity index (χ2n) is 5.48. The largest absolute Gasteiger partial charge is 0.398 e. The molecule has 0 bridgehead atoms. The number of nitrogen functional groups attached to an aromatic ring is 1. The van der Waals surface area contributed by atoms with Gasteiger partial charge in [-0.25, -0.2) is 0 Å². The Balaban J connectivity index is 1.68. The minimum absolute atomic E-state index is 0.000289. The topological polar surface area (TPSA) is 80.7 Å². The number of piperidine rings is 1. The highest BCUT2D eigenvalue weighted by molar-refractivity contribution is 5.33. The molecular formula is C15H25N3O3. The summed E-state index contributed by atoms with van der Waals surface area (Å²) in [5.74, 6) is 0. The van der Waals surface area contributed by atoms with Gasteiger partial charge in [0.1, 0.15) is 0 Å². The van der Waals surface area contributed by atoms with E-state index in [-0.39, 0.29) is 18.3 Å². The molecule has 1 aliphatic heterocycles. The molecule has 2 rings (SSSR count). The smallest absolute Gasteiger partial charge is 0.250 e. The number of ether oxygens (including phenoxy) is 1. The Kier molecular flexibility index (Phi) is 6.22. The van der Waals surface area contributed by atoms with Gasteiger partial charge < -0.3 is 25.0 Å². The summed E-state index contributed by atoms with van der Waals surface area (Å²) in [7, 11) is 0. The Bertz CT molecular complexity index is 481. The molecule has 2 heterocycles. The van der Waals surface area contributed by atoms with E-state index in [4.69, 9.17) is 15.6 Å². The van der Waals surface area contributed by atoms with Crippen LogP contribution in [-0.2, 0) is 11.3 Å². The number of aromatic nitrogens is 1. The summed E-state index contributed by atoms with van der Waals surface area (Å²) in [5.41, 5.74) is 6.32. The minimum atomic E-state index is 0.000289. The zero-order valence-electron chi connectivity index (χ0n) is 12.4. The Morgan fingerprint density at radius 3 is 2.76 bits per heavy atom. The minimum Gasteiger partial charge on any atom is -0.398 e. The van der Waals surface area contributed by atoms with E-state index in [2.05, 4.69) is 4.90 Å². The standard InChI is InChI=1S/C15H25N3O3/c16-13-2-3-15(20)18(12-13)7-1-6-17-8-4-14(5-9-17)21-11-10-19/h2-3,12,14,19H,1,4-11,16H2. The molecule has 0 spiro atoms. The molecule has 0 aromatic carbocycles. The molecule has 1 aromatic heterocycles. The Hall–Kier alpha value is -1.37. The number of pyridine rings is 1. The van der Waals surface area contributed by atoms with E-state index in [1.165, 1.54) is 6.07 Å². The van der Waals surface area contributed by atoms with Crippen molar-refractivity contribution in [2.24, 2.45) is 0 Å². The summed E-state index contributed by atoms with van der Waals surface area (Å²) in [4.78, 5) is 14.1. The molecule has 0 radical (unpaired) electrons. The quantitative estimate of drug-likeness (QED) is 0.756. The number of hydrogen-bond donors (Lipinski definition) is 2. The summed E-state index contributed by atoms with van der Waals surface area (Å²) in [6.45, 7) is 4.24. The fraction of sp³-hybridized carbons (Fsp3) is 0.667. The van der Waals surface area contributed by atoms with Crippen LogP contribution >= 0.6 is 0 Å². The average molecular weight is 295 g/mol. The molecule has 1 saturated heterocycles. The molecule has 0 atom stereocenters. The van der Waals surface area contributed by atoms with Crippen LogP contribution in [0.2, 0.25) is 0 Å². The van der Waals surface area contributed by atoms with Gasteiger partial charge in [-0.05, 0) is 31.9 Å². The van der Waals surface area contributed by atoms with Crippen molar-refractivity contribution in [1.29, 1.82) is 0 Å². The SMILES string of the molecule is Nc1ccc(=O)n(CCCN2CCC(OCCO)CC2)c1. The maximum atomic E-state index is 11.7. The van der Waals surface area contributed by atoms with E-state index in [1.807, 2.05) is 0 Å². The van der Waals surface area contributed by atoms with E-state index in [0.29, 0.717) is 18.8 Å². The van der Waals surface area contributed by atoms with Crippen LogP contribution in [0, 0.1) is 0 Å². The van der Waals surface area contributed by atoms with Crippen molar-refractivity contribution in [1.82, 2.24) is 9.47 Å². The second kappa shape index (κ2) is 8.17. The van der Waals surface area contributed by atoms with E-state index in [1.54, 1.807) is 16.8 Å². The molecule has 6 nitrogen and oxygen atoms in total. The van der Waals surface area contributed by atoms with E-state index in [0.717, 1.165) is 38.9 Å². The van der Waals surface area contributed by atoms with Crippen molar-refractivity contribution in [3.8, 4) is 0 Å². The third-order valence-electron chi connectivity index (χ3n) is 3.86. The predicted molar refractivity (Wildman–Crippen MR) is 82.2 cm³/mol. The molecule has 118 valence electrons. The first kappa shape index (κ1) is 16.0. The molecule has 21 heavy (non-hydrogen) atoms. The summed E-state index contributed by atoms with van der Waals surface area (Å²) >= 11 is 0. The molecule has 1 aromatic rings. The number of likely N-dealkylation sites (tertiary alicyclic amines) is 1. The third-order valence-corrected chi connectivity index (χ3v) is 3.86. The monoisotopic (exact) mass is 295 g/mol. The average Bonchev–Trinajstić information content (AvgIpc) is 2.50. The number of nitrogens with two attached hydrogens (primary N) is 1. The zero-order chi connectivity index (χ0) is 15.1. The van der Waals surface area contributed by atoms with Gasteiger partial charge in [0.2, 0.25) is 0 Å². The lowest BCUT2D eigenvalue weighted by Gasteiger charge is -2.31. The first-order valence-corrected chi connectivity index (χ1v) is 7.60. The van der Waals surface area contributed by atoms with Crippen molar-refractivity contribution in [3.05, 3.63) is 28.7 Å². The third kappa shape index (κ3) is 5.15. The lowest BCUT2D eigenvalue weighted by molar-refractivity contribution is -0.00794. The van der Waals surface area contributed by atoms with Gasteiger partial charge >= 0.3 is 0 Å². The van der Waals surface area contributed by atoms with Crippen LogP contribution < -0.4 is 11.3 Å². The summed E-state index contributed by atoms with van der Waals surface area (Å²) in [5, 5.41) is 8.74. The zero-order valence-corrected chi connectivity index (χ0v) is 12.4. The number of nitrogens with zero attached hydrogens (tertiary/aromatic N) is 2. The lowest BCUT2D eigenvalue weighted by Crippen LogP contribution is -2.38. The van der Waals surface area contributed by atoms with E-state index in [9.17, 15) is 4.79 Å². The van der Waals surface area contributed by atoms with Gasteiger partial charge in [0.25, 0.3) is 5.56 Å². The van der Waals surface area contributed by atoms with Gasteiger partial charge in [-0.1, -0.05) is 0 Å². The van der Waals surface area contributed by atoms with Crippen LogP contribution in [0.3, 0.4) is 0 Å². The maximum Gasteiger partial charge on any atom is 0.250 e. The van der Waals surface area contributed by atoms with Crippen LogP contribution in [0.15, 0.2) is 23.1 Å². The van der Waals surface area contributed by atoms with Gasteiger partial charge in [-0.3, -0.25) is 4.79 Å². The highest BCUT2D eigenvalue weighted by atomic mass is 16.5. The van der Waals surface area contributed by atoms with Crippen LogP contribution in [0.1, 0.15) is 19.3 Å². The Labute approximate surface area is 125 Å². The Morgan fingerprint density at radius 1 is 1.29 bits per heavy atom. The van der Waals surface area contributed by atoms with Gasteiger partial charge in [0.05, 0.1) is 19.3 Å². The molecular weight excluding hydrogens is 270 g/mol. The second-order valence-corrected chi connectivity index (χ2v) is 5.48. The summed E-state index contributed by atoms with van der Waals surface area (Å²) < 4.78 is 7.22. The van der Waals surface area contributed by atoms with E-state index >= 15 is 0 Å². The molecule has 0 amide bonds. The van der Waals surface area contributed by atoms with Crippen molar-refractivity contribution in [3.63, 3.8) is 0 Å². The number of anilines is 1. The molecule has 0 aliphatic carbocycles. The molecule has 0 saturated carbocycles. The van der Waals surface area contributed by atoms with Crippen molar-refractivity contribution in [2.45, 2.75) is 31.9 Å². The van der Waals surface area contributed by atoms with Gasteiger partial charge in [-0.2, -0.15) is 0 Å². The fourth-order valence-electron chi connectivity index (χ4n) is 2.71. The summed E-state index contributed by atoms with van der Waals surface area (Å²) in [6, 6.07) is 3.15. The number of hydrogen-bond acceptors (Lipinski definition) is 5. The highest BCUT2D eigenvalue weighted by Crippen LogP contribution is 2.13. The van der Waals surface area contributed by atoms with Crippen LogP contribution in [0.25, 0.3) is 0 Å². The van der Waals surface area contributed by atoms with Crippen molar-refractivity contribution in [2.75, 3.05) is 38.6 Å². The first-order valence-electron chi connectivity index (χ1n) is 7.60. The fourth-order valence-corrected chi connectivity index (χ4v) is 2.71. The summed E-state index contributed by atoms with van der Waals surface area (Å²) in [6.07, 6.45) is 4.95. The van der Waals surface area contributed by atoms with Crippen LogP contribution in [0.4, 0.5) is 5.69 Å². The normalized spacial score (nSPS) is 17.2. The maximum absolute atomic E-state index is 11.7. The van der Waals surface area contributed by atoms with Crippen LogP contribution in [-0.4, -0.2) is 53.5 Å². The van der Waals surface area contributed by atoms with E-state index < -0.39 is 0 Å². The molecule has 1 fully saturated rings. The van der Waals surface area contributed by atoms with Crippen molar-refractivity contribution >= 4 is 5.69 Å². The lowest BCUT2D eigenvalue weighted by atomic mass is 10.1. The molecule has 1 aliphatic rings. The van der Waals surface area contributed by atoms with Gasteiger partial charge in [0, 0.05) is 37.6 Å². The number of rotatable bonds is 7. The first-order chi connectivity index (χ1) is 10.2. The Morgan fingerprint density at radius 2 is 2.05 bits per heavy atom. The van der Waals surface area contributed by atoms with Gasteiger partial charge in [-0.15, -0.1) is 0 Å². The number of aryl methyl sites for hydroxylation is 1. The number of aliphatic hydroxyl groups excluding tert-OH is 1. The highest BCUT2D eigenvalue weighted by Gasteiger charge is 2.18.